The summed E-state index contributed by atoms with van der Waals surface area (Å²) in [6.07, 6.45) is 11.0. The highest BCUT2D eigenvalue weighted by Crippen LogP contribution is 2.47. The molecule has 0 spiro atoms. The van der Waals surface area contributed by atoms with Gasteiger partial charge in [0.25, 0.3) is 0 Å². The number of carbonyl (C=O) groups excluding carboxylic acids is 2. The summed E-state index contributed by atoms with van der Waals surface area (Å²) >= 11 is 0. The van der Waals surface area contributed by atoms with Crippen molar-refractivity contribution in [2.24, 2.45) is 35.0 Å². The summed E-state index contributed by atoms with van der Waals surface area (Å²) in [5, 5.41) is 0. The number of hydrogen-bond acceptors (Lipinski definition) is 3. The average molecular weight is 416 g/mol. The van der Waals surface area contributed by atoms with Crippen molar-refractivity contribution in [1.82, 2.24) is 14.7 Å². The zero-order valence-electron chi connectivity index (χ0n) is 19.2. The molecule has 5 fully saturated rings. The lowest BCUT2D eigenvalue weighted by Crippen LogP contribution is -2.53. The lowest BCUT2D eigenvalue weighted by atomic mass is 9.66. The third kappa shape index (κ3) is 4.03. The summed E-state index contributed by atoms with van der Waals surface area (Å²) in [7, 11) is 2.28. The fraction of sp³-hybridized carbons (Fsp3) is 0.920. The van der Waals surface area contributed by atoms with Crippen LogP contribution in [0.5, 0.6) is 0 Å². The van der Waals surface area contributed by atoms with Gasteiger partial charge in [0.05, 0.1) is 0 Å². The maximum atomic E-state index is 13.1. The van der Waals surface area contributed by atoms with E-state index < -0.39 is 0 Å². The number of carbonyl (C=O) groups is 2. The summed E-state index contributed by atoms with van der Waals surface area (Å²) in [4.78, 5) is 32.3. The van der Waals surface area contributed by atoms with Gasteiger partial charge in [-0.15, -0.1) is 0 Å². The molecule has 5 aliphatic rings. The Morgan fingerprint density at radius 2 is 1.30 bits per heavy atom. The lowest BCUT2D eigenvalue weighted by Gasteiger charge is -2.41. The monoisotopic (exact) mass is 415 g/mol. The molecule has 0 aromatic carbocycles. The Bertz CT molecular complexity index is 659. The first kappa shape index (κ1) is 20.8. The van der Waals surface area contributed by atoms with E-state index in [2.05, 4.69) is 23.8 Å². The second-order valence-corrected chi connectivity index (χ2v) is 11.6. The summed E-state index contributed by atoms with van der Waals surface area (Å²) in [6, 6.07) is 0. The van der Waals surface area contributed by atoms with E-state index >= 15 is 0 Å². The number of rotatable bonds is 3. The van der Waals surface area contributed by atoms with Crippen LogP contribution in [0.15, 0.2) is 0 Å². The van der Waals surface area contributed by atoms with Crippen molar-refractivity contribution >= 4 is 11.8 Å². The molecule has 5 nitrogen and oxygen atoms in total. The largest absolute Gasteiger partial charge is 0.339 e. The Labute approximate surface area is 182 Å². The molecular weight excluding hydrogens is 374 g/mol. The Kier molecular flexibility index (Phi) is 5.62. The minimum Gasteiger partial charge on any atom is -0.339 e. The van der Waals surface area contributed by atoms with E-state index in [0.717, 1.165) is 75.5 Å². The molecule has 168 valence electrons. The van der Waals surface area contributed by atoms with Crippen molar-refractivity contribution in [2.45, 2.75) is 64.7 Å². The smallest absolute Gasteiger partial charge is 0.228 e. The van der Waals surface area contributed by atoms with Crippen LogP contribution in [0.2, 0.25) is 0 Å². The molecule has 0 aromatic heterocycles. The third-order valence-corrected chi connectivity index (χ3v) is 9.46. The molecule has 2 heterocycles. The highest BCUT2D eigenvalue weighted by molar-refractivity contribution is 5.85. The van der Waals surface area contributed by atoms with Crippen LogP contribution in [0.1, 0.15) is 64.7 Å². The van der Waals surface area contributed by atoms with Crippen LogP contribution in [0.4, 0.5) is 0 Å². The molecule has 3 saturated carbocycles. The van der Waals surface area contributed by atoms with Gasteiger partial charge in [0.1, 0.15) is 0 Å². The van der Waals surface area contributed by atoms with E-state index in [9.17, 15) is 9.59 Å². The van der Waals surface area contributed by atoms with Gasteiger partial charge < -0.3 is 14.7 Å². The molecular formula is C25H41N3O2. The minimum absolute atomic E-state index is 0.0857. The topological polar surface area (TPSA) is 43.9 Å². The van der Waals surface area contributed by atoms with Gasteiger partial charge in [0.2, 0.25) is 11.8 Å². The Morgan fingerprint density at radius 3 is 1.97 bits per heavy atom. The second-order valence-electron chi connectivity index (χ2n) is 11.6. The summed E-state index contributed by atoms with van der Waals surface area (Å²) < 4.78 is 0. The molecule has 5 rings (SSSR count). The number of likely N-dealkylation sites (tertiary alicyclic amines) is 1. The molecule has 3 aliphatic carbocycles. The average Bonchev–Trinajstić information content (AvgIpc) is 3.41. The van der Waals surface area contributed by atoms with Crippen LogP contribution in [0.3, 0.4) is 0 Å². The van der Waals surface area contributed by atoms with Crippen LogP contribution in [-0.2, 0) is 9.59 Å². The van der Waals surface area contributed by atoms with Crippen molar-refractivity contribution in [2.75, 3.05) is 46.3 Å². The molecule has 0 radical (unpaired) electrons. The van der Waals surface area contributed by atoms with E-state index in [1.807, 2.05) is 4.90 Å². The van der Waals surface area contributed by atoms with Gasteiger partial charge in [-0.3, -0.25) is 9.59 Å². The van der Waals surface area contributed by atoms with Crippen molar-refractivity contribution < 1.29 is 9.59 Å². The van der Waals surface area contributed by atoms with Crippen LogP contribution < -0.4 is 0 Å². The van der Waals surface area contributed by atoms with Gasteiger partial charge >= 0.3 is 0 Å². The first-order chi connectivity index (χ1) is 14.4. The first-order valence-corrected chi connectivity index (χ1v) is 12.7. The van der Waals surface area contributed by atoms with Crippen LogP contribution in [0.25, 0.3) is 0 Å². The van der Waals surface area contributed by atoms with Crippen molar-refractivity contribution in [3.8, 4) is 0 Å². The third-order valence-electron chi connectivity index (χ3n) is 9.46. The van der Waals surface area contributed by atoms with Gasteiger partial charge in [0, 0.05) is 50.6 Å². The SMILES string of the molecule is CN1CC2CCC(C3CCC(C(=O)N4CCN(C(=O)C5(C)CC5)CC4)CC3)CC2C1. The quantitative estimate of drug-likeness (QED) is 0.711. The predicted molar refractivity (Wildman–Crippen MR) is 118 cm³/mol. The highest BCUT2D eigenvalue weighted by Gasteiger charge is 2.47. The van der Waals surface area contributed by atoms with Gasteiger partial charge in [-0.05, 0) is 88.5 Å². The fourth-order valence-electron chi connectivity index (χ4n) is 7.14. The number of fused-ring (bicyclic) bond motifs is 1. The fourth-order valence-corrected chi connectivity index (χ4v) is 7.14. The standard InChI is InChI=1S/C25H41N3O2/c1-25(9-10-25)24(30)28-13-11-27(12-14-28)23(29)19-5-3-18(4-6-19)20-7-8-21-16-26(2)17-22(21)15-20/h18-22H,3-17H2,1-2H3. The molecule has 0 aromatic rings. The summed E-state index contributed by atoms with van der Waals surface area (Å²) in [5.74, 6) is 4.58. The van der Waals surface area contributed by atoms with E-state index in [0.29, 0.717) is 11.8 Å². The van der Waals surface area contributed by atoms with Crippen LogP contribution >= 0.6 is 0 Å². The molecule has 2 saturated heterocycles. The number of piperazine rings is 1. The second kappa shape index (κ2) is 8.11. The van der Waals surface area contributed by atoms with Gasteiger partial charge in [-0.2, -0.15) is 0 Å². The van der Waals surface area contributed by atoms with Crippen molar-refractivity contribution in [3.05, 3.63) is 0 Å². The predicted octanol–water partition coefficient (Wildman–Crippen LogP) is 3.24. The van der Waals surface area contributed by atoms with E-state index in [4.69, 9.17) is 0 Å². The zero-order chi connectivity index (χ0) is 20.9. The maximum Gasteiger partial charge on any atom is 0.228 e. The highest BCUT2D eigenvalue weighted by atomic mass is 16.2. The molecule has 0 bridgehead atoms. The normalized spacial score (nSPS) is 38.9. The Balaban J connectivity index is 1.07. The van der Waals surface area contributed by atoms with Crippen molar-refractivity contribution in [1.29, 1.82) is 0 Å². The number of amides is 2. The number of nitrogens with zero attached hydrogens (tertiary/aromatic N) is 3. The molecule has 0 N–H and O–H groups in total. The van der Waals surface area contributed by atoms with E-state index in [1.54, 1.807) is 0 Å². The lowest BCUT2D eigenvalue weighted by molar-refractivity contribution is -0.145. The van der Waals surface area contributed by atoms with Crippen LogP contribution in [0, 0.1) is 35.0 Å². The summed E-state index contributed by atoms with van der Waals surface area (Å²) in [6.45, 7) is 7.64. The molecule has 3 atom stereocenters. The van der Waals surface area contributed by atoms with Gasteiger partial charge in [-0.1, -0.05) is 6.92 Å². The molecule has 30 heavy (non-hydrogen) atoms. The zero-order valence-corrected chi connectivity index (χ0v) is 19.2. The van der Waals surface area contributed by atoms with Crippen molar-refractivity contribution in [3.63, 3.8) is 0 Å². The van der Waals surface area contributed by atoms with Crippen LogP contribution in [-0.4, -0.2) is 72.8 Å². The maximum absolute atomic E-state index is 13.1. The van der Waals surface area contributed by atoms with Gasteiger partial charge in [0.15, 0.2) is 0 Å². The summed E-state index contributed by atoms with van der Waals surface area (Å²) in [5.41, 5.74) is -0.0857. The first-order valence-electron chi connectivity index (χ1n) is 12.7. The molecule has 5 heteroatoms. The van der Waals surface area contributed by atoms with E-state index in [1.165, 1.54) is 45.2 Å². The Morgan fingerprint density at radius 1 is 0.733 bits per heavy atom. The molecule has 3 unspecified atom stereocenters. The minimum atomic E-state index is -0.0857. The molecule has 2 amide bonds. The molecule has 2 aliphatic heterocycles. The van der Waals surface area contributed by atoms with E-state index in [-0.39, 0.29) is 11.3 Å². The Hall–Kier alpha value is -1.10. The number of hydrogen-bond donors (Lipinski definition) is 0. The van der Waals surface area contributed by atoms with Gasteiger partial charge in [-0.25, -0.2) is 0 Å².